The van der Waals surface area contributed by atoms with Gasteiger partial charge >= 0.3 is 0 Å². The third-order valence-corrected chi connectivity index (χ3v) is 4.03. The molecule has 0 aromatic rings. The third kappa shape index (κ3) is 2.07. The third-order valence-electron chi connectivity index (χ3n) is 2.72. The van der Waals surface area contributed by atoms with E-state index in [1.54, 1.807) is 0 Å². The number of nitriles is 1. The predicted octanol–water partition coefficient (Wildman–Crippen LogP) is 0.816. The van der Waals surface area contributed by atoms with Gasteiger partial charge in [-0.25, -0.2) is 8.42 Å². The Morgan fingerprint density at radius 1 is 1.50 bits per heavy atom. The van der Waals surface area contributed by atoms with Crippen molar-refractivity contribution in [2.45, 2.75) is 26.3 Å². The van der Waals surface area contributed by atoms with Crippen molar-refractivity contribution in [1.29, 1.82) is 5.26 Å². The minimum absolute atomic E-state index is 0.102. The summed E-state index contributed by atoms with van der Waals surface area (Å²) in [6.07, 6.45) is 2.01. The van der Waals surface area contributed by atoms with Crippen molar-refractivity contribution in [1.82, 2.24) is 4.31 Å². The largest absolute Gasteiger partial charge is 0.212 e. The second-order valence-electron chi connectivity index (χ2n) is 4.13. The molecule has 1 aliphatic rings. The van der Waals surface area contributed by atoms with E-state index < -0.39 is 10.0 Å². The van der Waals surface area contributed by atoms with E-state index in [1.165, 1.54) is 10.6 Å². The highest BCUT2D eigenvalue weighted by Crippen LogP contribution is 2.31. The molecule has 0 bridgehead atoms. The van der Waals surface area contributed by atoms with Crippen molar-refractivity contribution >= 4 is 10.0 Å². The minimum Gasteiger partial charge on any atom is -0.212 e. The van der Waals surface area contributed by atoms with Crippen LogP contribution >= 0.6 is 0 Å². The van der Waals surface area contributed by atoms with Gasteiger partial charge in [-0.15, -0.1) is 0 Å². The molecule has 0 saturated carbocycles. The van der Waals surface area contributed by atoms with Gasteiger partial charge in [-0.3, -0.25) is 0 Å². The first-order valence-corrected chi connectivity index (χ1v) is 6.59. The lowest BCUT2D eigenvalue weighted by molar-refractivity contribution is 0.136. The smallest absolute Gasteiger partial charge is 0.211 e. The van der Waals surface area contributed by atoms with Crippen LogP contribution in [0.2, 0.25) is 0 Å². The van der Waals surface area contributed by atoms with E-state index in [9.17, 15) is 8.42 Å². The van der Waals surface area contributed by atoms with Gasteiger partial charge in [0.25, 0.3) is 0 Å². The summed E-state index contributed by atoms with van der Waals surface area (Å²) in [5, 5.41) is 8.94. The highest BCUT2D eigenvalue weighted by Gasteiger charge is 2.41. The Hall–Kier alpha value is -0.600. The number of nitrogens with zero attached hydrogens (tertiary/aromatic N) is 2. The highest BCUT2D eigenvalue weighted by atomic mass is 32.2. The summed E-state index contributed by atoms with van der Waals surface area (Å²) in [6, 6.07) is 2.10. The molecule has 1 saturated heterocycles. The van der Waals surface area contributed by atoms with Gasteiger partial charge in [-0.2, -0.15) is 9.57 Å². The van der Waals surface area contributed by atoms with Gasteiger partial charge in [-0.05, 0) is 12.3 Å². The summed E-state index contributed by atoms with van der Waals surface area (Å²) in [6.45, 7) is 4.47. The molecule has 0 aromatic carbocycles. The molecule has 0 radical (unpaired) electrons. The van der Waals surface area contributed by atoms with Gasteiger partial charge < -0.3 is 0 Å². The zero-order valence-corrected chi connectivity index (χ0v) is 9.58. The Morgan fingerprint density at radius 3 is 2.29 bits per heavy atom. The molecule has 1 fully saturated rings. The lowest BCUT2D eigenvalue weighted by Gasteiger charge is -2.42. The highest BCUT2D eigenvalue weighted by molar-refractivity contribution is 7.88. The first kappa shape index (κ1) is 11.5. The lowest BCUT2D eigenvalue weighted by atomic mass is 9.84. The normalized spacial score (nSPS) is 25.5. The Balaban J connectivity index is 2.77. The molecular formula is C9H16N2O2S. The Kier molecular flexibility index (Phi) is 3.17. The maximum Gasteiger partial charge on any atom is 0.211 e. The summed E-state index contributed by atoms with van der Waals surface area (Å²) in [7, 11) is -3.12. The average Bonchev–Trinajstić information content (AvgIpc) is 1.92. The van der Waals surface area contributed by atoms with Crippen molar-refractivity contribution in [2.75, 3.05) is 12.8 Å². The second kappa shape index (κ2) is 3.87. The molecule has 2 atom stereocenters. The molecule has 1 rings (SSSR count). The van der Waals surface area contributed by atoms with E-state index in [4.69, 9.17) is 5.26 Å². The zero-order valence-electron chi connectivity index (χ0n) is 8.77. The van der Waals surface area contributed by atoms with E-state index in [-0.39, 0.29) is 17.9 Å². The standard InChI is InChI=1S/C9H16N2O2S/c1-7(2)8(6-10)9-4-5-11(9)14(3,12)13/h7-9H,4-5H2,1-3H3. The first-order valence-electron chi connectivity index (χ1n) is 4.74. The van der Waals surface area contributed by atoms with E-state index in [0.29, 0.717) is 6.54 Å². The van der Waals surface area contributed by atoms with Crippen molar-refractivity contribution in [3.63, 3.8) is 0 Å². The molecule has 0 aliphatic carbocycles. The van der Waals surface area contributed by atoms with Crippen LogP contribution in [0.25, 0.3) is 0 Å². The molecule has 0 aromatic heterocycles. The summed E-state index contributed by atoms with van der Waals surface area (Å²) in [4.78, 5) is 0. The van der Waals surface area contributed by atoms with E-state index >= 15 is 0 Å². The van der Waals surface area contributed by atoms with Crippen molar-refractivity contribution in [3.05, 3.63) is 0 Å². The molecule has 14 heavy (non-hydrogen) atoms. The van der Waals surface area contributed by atoms with Crippen LogP contribution in [0.4, 0.5) is 0 Å². The topological polar surface area (TPSA) is 61.2 Å². The number of hydrogen-bond acceptors (Lipinski definition) is 3. The van der Waals surface area contributed by atoms with Gasteiger partial charge in [0.15, 0.2) is 0 Å². The van der Waals surface area contributed by atoms with Gasteiger partial charge in [0, 0.05) is 12.6 Å². The first-order chi connectivity index (χ1) is 6.38. The van der Waals surface area contributed by atoms with E-state index in [1.807, 2.05) is 13.8 Å². The molecule has 4 nitrogen and oxygen atoms in total. The zero-order chi connectivity index (χ0) is 10.9. The number of sulfonamides is 1. The van der Waals surface area contributed by atoms with Crippen LogP contribution in [0.5, 0.6) is 0 Å². The Morgan fingerprint density at radius 2 is 2.07 bits per heavy atom. The van der Waals surface area contributed by atoms with Crippen LogP contribution in [-0.2, 0) is 10.0 Å². The SMILES string of the molecule is CC(C)C(C#N)C1CCN1S(C)(=O)=O. The molecule has 1 heterocycles. The molecule has 80 valence electrons. The molecule has 2 unspecified atom stereocenters. The summed E-state index contributed by atoms with van der Waals surface area (Å²) >= 11 is 0. The fourth-order valence-corrected chi connectivity index (χ4v) is 3.00. The molecule has 0 N–H and O–H groups in total. The van der Waals surface area contributed by atoms with Gasteiger partial charge in [0.1, 0.15) is 0 Å². The maximum absolute atomic E-state index is 11.3. The van der Waals surface area contributed by atoms with Gasteiger partial charge in [-0.1, -0.05) is 13.8 Å². The van der Waals surface area contributed by atoms with Crippen LogP contribution in [0.3, 0.4) is 0 Å². The Bertz CT molecular complexity index is 342. The van der Waals surface area contributed by atoms with Gasteiger partial charge in [0.2, 0.25) is 10.0 Å². The van der Waals surface area contributed by atoms with Crippen molar-refractivity contribution in [2.24, 2.45) is 11.8 Å². The fraction of sp³-hybridized carbons (Fsp3) is 0.889. The monoisotopic (exact) mass is 216 g/mol. The quantitative estimate of drug-likeness (QED) is 0.701. The lowest BCUT2D eigenvalue weighted by Crippen LogP contribution is -2.54. The predicted molar refractivity (Wildman–Crippen MR) is 53.9 cm³/mol. The molecular weight excluding hydrogens is 200 g/mol. The summed E-state index contributed by atoms with van der Waals surface area (Å²) in [5.74, 6) is 0.0213. The van der Waals surface area contributed by atoms with Crippen LogP contribution < -0.4 is 0 Å². The second-order valence-corrected chi connectivity index (χ2v) is 6.06. The van der Waals surface area contributed by atoms with E-state index in [2.05, 4.69) is 6.07 Å². The van der Waals surface area contributed by atoms with E-state index in [0.717, 1.165) is 6.42 Å². The number of hydrogen-bond donors (Lipinski definition) is 0. The molecule has 0 amide bonds. The summed E-state index contributed by atoms with van der Waals surface area (Å²) < 4.78 is 24.0. The van der Waals surface area contributed by atoms with Crippen LogP contribution in [0.1, 0.15) is 20.3 Å². The van der Waals surface area contributed by atoms with Crippen molar-refractivity contribution < 1.29 is 8.42 Å². The molecule has 1 aliphatic heterocycles. The van der Waals surface area contributed by atoms with Crippen molar-refractivity contribution in [3.8, 4) is 6.07 Å². The molecule has 5 heteroatoms. The van der Waals surface area contributed by atoms with Crippen LogP contribution in [-0.4, -0.2) is 31.6 Å². The number of rotatable bonds is 3. The Labute approximate surface area is 85.6 Å². The average molecular weight is 216 g/mol. The fourth-order valence-electron chi connectivity index (χ4n) is 1.83. The minimum atomic E-state index is -3.12. The van der Waals surface area contributed by atoms with Crippen LogP contribution in [0, 0.1) is 23.2 Å². The van der Waals surface area contributed by atoms with Crippen LogP contribution in [0.15, 0.2) is 0 Å². The van der Waals surface area contributed by atoms with Gasteiger partial charge in [0.05, 0.1) is 18.2 Å². The summed E-state index contributed by atoms with van der Waals surface area (Å²) in [5.41, 5.74) is 0. The maximum atomic E-state index is 11.3. The molecule has 0 spiro atoms.